The molecule has 0 saturated heterocycles. The molecule has 0 saturated carbocycles. The van der Waals surface area contributed by atoms with E-state index in [9.17, 15) is 18.3 Å². The standard InChI is InChI=1S/C12H10O8S/c1-5(2)12(14)17-4-8(13)19-9-6-3-7-10(18-6)11(9)20-21(7,15)16/h3,12,14H,1,4H2,2H3. The lowest BCUT2D eigenvalue weighted by atomic mass is 10.3. The van der Waals surface area contributed by atoms with Gasteiger partial charge in [-0.15, -0.1) is 0 Å². The number of hydrogen-bond donors (Lipinski definition) is 1. The Hall–Kier alpha value is -2.10. The summed E-state index contributed by atoms with van der Waals surface area (Å²) in [7, 11) is -3.89. The third kappa shape index (κ3) is 2.15. The van der Waals surface area contributed by atoms with E-state index in [0.717, 1.165) is 0 Å². The molecule has 0 radical (unpaired) electrons. The maximum absolute atomic E-state index is 11.6. The third-order valence-electron chi connectivity index (χ3n) is 2.79. The number of aliphatic hydroxyl groups excluding tert-OH is 1. The van der Waals surface area contributed by atoms with Gasteiger partial charge in [0, 0.05) is 6.07 Å². The number of ether oxygens (including phenoxy) is 2. The maximum atomic E-state index is 11.6. The van der Waals surface area contributed by atoms with Crippen molar-refractivity contribution in [3.8, 4) is 11.5 Å². The molecule has 112 valence electrons. The Morgan fingerprint density at radius 2 is 2.24 bits per heavy atom. The van der Waals surface area contributed by atoms with Crippen LogP contribution in [0.3, 0.4) is 0 Å². The molecule has 3 rings (SSSR count). The zero-order valence-corrected chi connectivity index (χ0v) is 11.6. The summed E-state index contributed by atoms with van der Waals surface area (Å²) >= 11 is 0. The molecule has 3 heterocycles. The zero-order chi connectivity index (χ0) is 15.4. The van der Waals surface area contributed by atoms with Crippen molar-refractivity contribution in [1.82, 2.24) is 0 Å². The predicted molar refractivity (Wildman–Crippen MR) is 67.6 cm³/mol. The van der Waals surface area contributed by atoms with Gasteiger partial charge in [0.2, 0.25) is 11.5 Å². The lowest BCUT2D eigenvalue weighted by Crippen LogP contribution is -2.22. The molecule has 0 aromatic carbocycles. The van der Waals surface area contributed by atoms with E-state index < -0.39 is 29.0 Å². The molecule has 2 bridgehead atoms. The zero-order valence-electron chi connectivity index (χ0n) is 10.8. The van der Waals surface area contributed by atoms with E-state index >= 15 is 0 Å². The topological polar surface area (TPSA) is 112 Å². The van der Waals surface area contributed by atoms with Crippen LogP contribution in [0.5, 0.6) is 11.5 Å². The van der Waals surface area contributed by atoms with Crippen LogP contribution < -0.4 is 8.92 Å². The largest absolute Gasteiger partial charge is 0.448 e. The highest BCUT2D eigenvalue weighted by Gasteiger charge is 2.41. The molecule has 0 fully saturated rings. The lowest BCUT2D eigenvalue weighted by molar-refractivity contribution is -0.149. The first-order valence-corrected chi connectivity index (χ1v) is 7.19. The monoisotopic (exact) mass is 314 g/mol. The molecule has 1 aliphatic heterocycles. The van der Waals surface area contributed by atoms with Gasteiger partial charge < -0.3 is 23.2 Å². The predicted octanol–water partition coefficient (Wildman–Crippen LogP) is 0.768. The van der Waals surface area contributed by atoms with Crippen LogP contribution in [-0.2, 0) is 19.6 Å². The van der Waals surface area contributed by atoms with Crippen LogP contribution in [-0.4, -0.2) is 32.4 Å². The number of fused-ring (bicyclic) bond motifs is 1. The number of carbonyl (C=O) groups is 1. The van der Waals surface area contributed by atoms with Crippen molar-refractivity contribution in [3.63, 3.8) is 0 Å². The summed E-state index contributed by atoms with van der Waals surface area (Å²) in [6, 6.07) is 1.22. The van der Waals surface area contributed by atoms with Crippen LogP contribution >= 0.6 is 0 Å². The first kappa shape index (κ1) is 13.9. The minimum atomic E-state index is -3.89. The first-order chi connectivity index (χ1) is 9.79. The normalized spacial score (nSPS) is 16.9. The number of aliphatic hydroxyl groups is 1. The summed E-state index contributed by atoms with van der Waals surface area (Å²) in [4.78, 5) is 11.5. The quantitative estimate of drug-likeness (QED) is 0.283. The molecule has 1 N–H and O–H groups in total. The average Bonchev–Trinajstić information content (AvgIpc) is 2.99. The van der Waals surface area contributed by atoms with Gasteiger partial charge >= 0.3 is 16.1 Å². The molecule has 2 aromatic rings. The van der Waals surface area contributed by atoms with Crippen molar-refractivity contribution >= 4 is 27.3 Å². The van der Waals surface area contributed by atoms with Crippen molar-refractivity contribution in [3.05, 3.63) is 18.2 Å². The number of benzene rings is 1. The Kier molecular flexibility index (Phi) is 2.94. The summed E-state index contributed by atoms with van der Waals surface area (Å²) in [6.07, 6.45) is -1.29. The van der Waals surface area contributed by atoms with Gasteiger partial charge in [-0.05, 0) is 12.5 Å². The Morgan fingerprint density at radius 3 is 2.90 bits per heavy atom. The number of rotatable bonds is 5. The summed E-state index contributed by atoms with van der Waals surface area (Å²) in [5.41, 5.74) is 0.441. The van der Waals surface area contributed by atoms with Gasteiger partial charge in [-0.2, -0.15) is 8.42 Å². The lowest BCUT2D eigenvalue weighted by Gasteiger charge is -2.10. The van der Waals surface area contributed by atoms with E-state index in [4.69, 9.17) is 18.1 Å². The average molecular weight is 314 g/mol. The molecule has 0 spiro atoms. The van der Waals surface area contributed by atoms with Gasteiger partial charge in [0.1, 0.15) is 6.61 Å². The molecule has 1 atom stereocenters. The van der Waals surface area contributed by atoms with Gasteiger partial charge in [0.15, 0.2) is 22.4 Å². The highest BCUT2D eigenvalue weighted by atomic mass is 32.2. The van der Waals surface area contributed by atoms with E-state index in [-0.39, 0.29) is 27.6 Å². The fraction of sp³-hybridized carbons (Fsp3) is 0.250. The van der Waals surface area contributed by atoms with E-state index in [1.54, 1.807) is 0 Å². The number of hydrogen-bond acceptors (Lipinski definition) is 8. The van der Waals surface area contributed by atoms with Crippen LogP contribution in [0.4, 0.5) is 0 Å². The summed E-state index contributed by atoms with van der Waals surface area (Å²) < 4.78 is 42.7. The second-order valence-corrected chi connectivity index (χ2v) is 6.00. The van der Waals surface area contributed by atoms with E-state index in [0.29, 0.717) is 5.57 Å². The van der Waals surface area contributed by atoms with Crippen LogP contribution in [0.1, 0.15) is 6.92 Å². The molecule has 8 nitrogen and oxygen atoms in total. The second kappa shape index (κ2) is 4.45. The smallest absolute Gasteiger partial charge is 0.343 e. The van der Waals surface area contributed by atoms with E-state index in [1.807, 2.05) is 0 Å². The summed E-state index contributed by atoms with van der Waals surface area (Å²) in [6.45, 7) is 4.44. The highest BCUT2D eigenvalue weighted by molar-refractivity contribution is 7.87. The molecule has 0 amide bonds. The van der Waals surface area contributed by atoms with Crippen LogP contribution in [0.2, 0.25) is 0 Å². The minimum absolute atomic E-state index is 0.0238. The highest BCUT2D eigenvalue weighted by Crippen LogP contribution is 2.51. The molecular weight excluding hydrogens is 304 g/mol. The Bertz CT molecular complexity index is 831. The molecule has 9 heteroatoms. The van der Waals surface area contributed by atoms with Crippen molar-refractivity contribution in [2.45, 2.75) is 18.1 Å². The van der Waals surface area contributed by atoms with Gasteiger partial charge in [-0.3, -0.25) is 0 Å². The molecule has 1 aliphatic rings. The van der Waals surface area contributed by atoms with E-state index in [2.05, 4.69) is 6.58 Å². The molecule has 21 heavy (non-hydrogen) atoms. The van der Waals surface area contributed by atoms with Gasteiger partial charge in [-0.25, -0.2) is 4.79 Å². The van der Waals surface area contributed by atoms with Crippen molar-refractivity contribution in [2.75, 3.05) is 6.61 Å². The fourth-order valence-electron chi connectivity index (χ4n) is 1.80. The van der Waals surface area contributed by atoms with Gasteiger partial charge in [-0.1, -0.05) is 6.58 Å². The van der Waals surface area contributed by atoms with Crippen molar-refractivity contribution in [1.29, 1.82) is 0 Å². The van der Waals surface area contributed by atoms with E-state index in [1.165, 1.54) is 13.0 Å². The maximum Gasteiger partial charge on any atom is 0.343 e. The van der Waals surface area contributed by atoms with Crippen LogP contribution in [0.15, 0.2) is 27.5 Å². The van der Waals surface area contributed by atoms with Crippen LogP contribution in [0, 0.1) is 0 Å². The van der Waals surface area contributed by atoms with Gasteiger partial charge in [0.25, 0.3) is 0 Å². The second-order valence-electron chi connectivity index (χ2n) is 4.48. The third-order valence-corrected chi connectivity index (χ3v) is 4.02. The fourth-order valence-corrected chi connectivity index (χ4v) is 2.88. The Morgan fingerprint density at radius 1 is 1.52 bits per heavy atom. The number of furan rings is 2. The number of carbonyl (C=O) groups excluding carboxylic acids is 1. The minimum Gasteiger partial charge on any atom is -0.448 e. The Labute approximate surface area is 119 Å². The van der Waals surface area contributed by atoms with Gasteiger partial charge in [0.05, 0.1) is 0 Å². The SMILES string of the molecule is C=C(C)C(O)OCC(=O)Oc1c2c3oc1cc3S(=O)(=O)O2. The molecular formula is C12H10O8S. The van der Waals surface area contributed by atoms with Crippen LogP contribution in [0.25, 0.3) is 11.2 Å². The first-order valence-electron chi connectivity index (χ1n) is 5.78. The summed E-state index contributed by atoms with van der Waals surface area (Å²) in [5.74, 6) is -1.10. The molecule has 2 aromatic heterocycles. The Balaban J connectivity index is 1.73. The number of esters is 1. The molecule has 0 aliphatic carbocycles. The van der Waals surface area contributed by atoms with Crippen molar-refractivity contribution in [2.24, 2.45) is 0 Å². The molecule has 1 unspecified atom stereocenters. The van der Waals surface area contributed by atoms with Crippen molar-refractivity contribution < 1.29 is 36.4 Å². The summed E-state index contributed by atoms with van der Waals surface area (Å²) in [5, 5.41) is 9.33.